The van der Waals surface area contributed by atoms with Crippen LogP contribution in [0.15, 0.2) is 41.5 Å². The molecule has 0 spiro atoms. The number of benzene rings is 1. The quantitative estimate of drug-likeness (QED) is 0.425. The Balaban J connectivity index is 0.00000182. The summed E-state index contributed by atoms with van der Waals surface area (Å²) in [6, 6.07) is 10.7. The van der Waals surface area contributed by atoms with Gasteiger partial charge in [-0.15, -0.1) is 24.0 Å². The summed E-state index contributed by atoms with van der Waals surface area (Å²) in [6.45, 7) is 3.58. The zero-order chi connectivity index (χ0) is 16.4. The summed E-state index contributed by atoms with van der Waals surface area (Å²) in [4.78, 5) is 9.21. The van der Waals surface area contributed by atoms with Gasteiger partial charge in [0.1, 0.15) is 0 Å². The number of pyridine rings is 1. The topological polar surface area (TPSA) is 58.5 Å². The first-order valence-corrected chi connectivity index (χ1v) is 8.86. The van der Waals surface area contributed by atoms with E-state index in [-0.39, 0.29) is 24.0 Å². The van der Waals surface area contributed by atoms with Crippen LogP contribution in [-0.2, 0) is 11.3 Å². The Morgan fingerprint density at radius 3 is 2.92 bits per heavy atom. The fourth-order valence-corrected chi connectivity index (χ4v) is 3.74. The van der Waals surface area contributed by atoms with E-state index in [4.69, 9.17) is 9.73 Å². The van der Waals surface area contributed by atoms with E-state index in [2.05, 4.69) is 34.7 Å². The average Bonchev–Trinajstić information content (AvgIpc) is 3.23. The van der Waals surface area contributed by atoms with Gasteiger partial charge < -0.3 is 15.4 Å². The van der Waals surface area contributed by atoms with Gasteiger partial charge in [-0.25, -0.2) is 4.99 Å². The molecule has 0 amide bonds. The van der Waals surface area contributed by atoms with Crippen molar-refractivity contribution in [3.63, 3.8) is 0 Å². The largest absolute Gasteiger partial charge is 0.373 e. The molecule has 0 radical (unpaired) electrons. The lowest BCUT2D eigenvalue weighted by atomic mass is 9.96. The predicted octanol–water partition coefficient (Wildman–Crippen LogP) is 3.23. The van der Waals surface area contributed by atoms with Gasteiger partial charge in [0.2, 0.25) is 0 Å². The summed E-state index contributed by atoms with van der Waals surface area (Å²) in [6.07, 6.45) is 6.11. The molecule has 2 aliphatic rings. The van der Waals surface area contributed by atoms with Crippen LogP contribution in [0, 0.1) is 0 Å². The number of hydrogen-bond acceptors (Lipinski definition) is 3. The van der Waals surface area contributed by atoms with Crippen LogP contribution in [0.2, 0.25) is 0 Å². The van der Waals surface area contributed by atoms with E-state index < -0.39 is 0 Å². The monoisotopic (exact) mass is 452 g/mol. The van der Waals surface area contributed by atoms with Crippen LogP contribution >= 0.6 is 24.0 Å². The van der Waals surface area contributed by atoms with Crippen molar-refractivity contribution in [1.82, 2.24) is 15.6 Å². The summed E-state index contributed by atoms with van der Waals surface area (Å²) >= 11 is 0. The SMILES string of the molecule is CCNC(=NCc1ccnc2ccccc12)NC1CC2CCC1O2.I. The zero-order valence-electron chi connectivity index (χ0n) is 14.4. The summed E-state index contributed by atoms with van der Waals surface area (Å²) in [7, 11) is 0. The van der Waals surface area contributed by atoms with Crippen LogP contribution < -0.4 is 10.6 Å². The van der Waals surface area contributed by atoms with Crippen LogP contribution in [0.25, 0.3) is 10.9 Å². The van der Waals surface area contributed by atoms with Gasteiger partial charge in [0.15, 0.2) is 5.96 Å². The second-order valence-corrected chi connectivity index (χ2v) is 6.54. The Morgan fingerprint density at radius 2 is 2.16 bits per heavy atom. The lowest BCUT2D eigenvalue weighted by Crippen LogP contribution is -2.47. The zero-order valence-corrected chi connectivity index (χ0v) is 16.8. The van der Waals surface area contributed by atoms with Crippen molar-refractivity contribution < 1.29 is 4.74 Å². The van der Waals surface area contributed by atoms with Crippen LogP contribution in [0.3, 0.4) is 0 Å². The van der Waals surface area contributed by atoms with Gasteiger partial charge in [-0.1, -0.05) is 18.2 Å². The Bertz CT molecular complexity index is 746. The third kappa shape index (κ3) is 4.06. The van der Waals surface area contributed by atoms with E-state index in [0.29, 0.717) is 24.8 Å². The fourth-order valence-electron chi connectivity index (χ4n) is 3.74. The van der Waals surface area contributed by atoms with Crippen LogP contribution in [0.4, 0.5) is 0 Å². The molecule has 1 aromatic carbocycles. The number of ether oxygens (including phenoxy) is 1. The average molecular weight is 452 g/mol. The lowest BCUT2D eigenvalue weighted by Gasteiger charge is -2.22. The molecular weight excluding hydrogens is 427 g/mol. The molecule has 134 valence electrons. The molecule has 6 heteroatoms. The van der Waals surface area contributed by atoms with Gasteiger partial charge in [0.25, 0.3) is 0 Å². The molecular formula is C19H25IN4O. The van der Waals surface area contributed by atoms with Gasteiger partial charge in [-0.3, -0.25) is 4.98 Å². The second kappa shape index (κ2) is 8.31. The Kier molecular flexibility index (Phi) is 6.11. The number of aromatic nitrogens is 1. The van der Waals surface area contributed by atoms with E-state index in [1.165, 1.54) is 17.4 Å². The highest BCUT2D eigenvalue weighted by atomic mass is 127. The van der Waals surface area contributed by atoms with E-state index >= 15 is 0 Å². The molecule has 3 atom stereocenters. The minimum atomic E-state index is 0. The second-order valence-electron chi connectivity index (χ2n) is 6.54. The summed E-state index contributed by atoms with van der Waals surface area (Å²) < 4.78 is 5.93. The minimum absolute atomic E-state index is 0. The summed E-state index contributed by atoms with van der Waals surface area (Å²) in [5.74, 6) is 0.875. The van der Waals surface area contributed by atoms with E-state index in [1.54, 1.807) is 0 Å². The molecule has 25 heavy (non-hydrogen) atoms. The van der Waals surface area contributed by atoms with Crippen LogP contribution in [-0.4, -0.2) is 35.7 Å². The molecule has 3 unspecified atom stereocenters. The first-order chi connectivity index (χ1) is 11.8. The molecule has 0 saturated carbocycles. The number of fused-ring (bicyclic) bond motifs is 3. The molecule has 5 nitrogen and oxygen atoms in total. The highest BCUT2D eigenvalue weighted by molar-refractivity contribution is 14.0. The Labute approximate surface area is 165 Å². The predicted molar refractivity (Wildman–Crippen MR) is 111 cm³/mol. The number of para-hydroxylation sites is 1. The molecule has 3 heterocycles. The van der Waals surface area contributed by atoms with Crippen molar-refractivity contribution in [3.05, 3.63) is 42.1 Å². The van der Waals surface area contributed by atoms with Crippen LogP contribution in [0.1, 0.15) is 31.7 Å². The molecule has 2 aromatic rings. The van der Waals surface area contributed by atoms with Crippen LogP contribution in [0.5, 0.6) is 0 Å². The molecule has 0 aliphatic carbocycles. The molecule has 2 fully saturated rings. The maximum Gasteiger partial charge on any atom is 0.191 e. The first-order valence-electron chi connectivity index (χ1n) is 8.86. The number of rotatable bonds is 4. The van der Waals surface area contributed by atoms with E-state index in [1.807, 2.05) is 24.4 Å². The van der Waals surface area contributed by atoms with Crippen molar-refractivity contribution in [2.24, 2.45) is 4.99 Å². The Morgan fingerprint density at radius 1 is 1.28 bits per heavy atom. The molecule has 2 saturated heterocycles. The number of hydrogen-bond donors (Lipinski definition) is 2. The highest BCUT2D eigenvalue weighted by Crippen LogP contribution is 2.34. The van der Waals surface area contributed by atoms with Crippen molar-refractivity contribution in [3.8, 4) is 0 Å². The smallest absolute Gasteiger partial charge is 0.191 e. The van der Waals surface area contributed by atoms with Gasteiger partial charge >= 0.3 is 0 Å². The third-order valence-electron chi connectivity index (χ3n) is 4.92. The first kappa shape index (κ1) is 18.4. The standard InChI is InChI=1S/C19H24N4O.HI/c1-2-20-19(23-17-11-14-7-8-18(17)24-14)22-12-13-9-10-21-16-6-4-3-5-15(13)16;/h3-6,9-10,14,17-18H,2,7-8,11-12H2,1H3,(H2,20,22,23);1H. The molecule has 2 aliphatic heterocycles. The summed E-state index contributed by atoms with van der Waals surface area (Å²) in [5, 5.41) is 8.09. The number of guanidine groups is 1. The number of halogens is 1. The number of nitrogens with one attached hydrogen (secondary N) is 2. The molecule has 2 bridgehead atoms. The maximum absolute atomic E-state index is 5.93. The summed E-state index contributed by atoms with van der Waals surface area (Å²) in [5.41, 5.74) is 2.21. The van der Waals surface area contributed by atoms with Gasteiger partial charge in [0, 0.05) is 18.1 Å². The fraction of sp³-hybridized carbons (Fsp3) is 0.474. The molecule has 2 N–H and O–H groups in total. The number of nitrogens with zero attached hydrogens (tertiary/aromatic N) is 2. The Hall–Kier alpha value is -1.41. The van der Waals surface area contributed by atoms with Gasteiger partial charge in [-0.2, -0.15) is 0 Å². The van der Waals surface area contributed by atoms with E-state index in [0.717, 1.165) is 30.9 Å². The highest BCUT2D eigenvalue weighted by Gasteiger charge is 2.41. The normalized spacial score (nSPS) is 25.0. The van der Waals surface area contributed by atoms with Crippen molar-refractivity contribution in [1.29, 1.82) is 0 Å². The maximum atomic E-state index is 5.93. The molecule has 4 rings (SSSR count). The van der Waals surface area contributed by atoms with Gasteiger partial charge in [0.05, 0.1) is 30.3 Å². The molecule has 1 aromatic heterocycles. The van der Waals surface area contributed by atoms with Crippen molar-refractivity contribution in [2.75, 3.05) is 6.54 Å². The van der Waals surface area contributed by atoms with E-state index in [9.17, 15) is 0 Å². The lowest BCUT2D eigenvalue weighted by molar-refractivity contribution is 0.0992. The van der Waals surface area contributed by atoms with Gasteiger partial charge in [-0.05, 0) is 43.9 Å². The third-order valence-corrected chi connectivity index (χ3v) is 4.92. The van der Waals surface area contributed by atoms with Crippen molar-refractivity contribution >= 4 is 40.8 Å². The minimum Gasteiger partial charge on any atom is -0.373 e. The van der Waals surface area contributed by atoms with Crippen molar-refractivity contribution in [2.45, 2.75) is 51.0 Å². The number of aliphatic imine (C=N–C) groups is 1.